The highest BCUT2D eigenvalue weighted by Gasteiger charge is 2.34. The standard InChI is InChI=1S/C12H21N3O3/c1-9(16)14-4-6-15(7-5-14)12(17)11-3-2-10(8-13)18-11/h10-11H,2-8,13H2,1H3. The quantitative estimate of drug-likeness (QED) is 0.700. The summed E-state index contributed by atoms with van der Waals surface area (Å²) in [6.45, 7) is 4.48. The summed E-state index contributed by atoms with van der Waals surface area (Å²) in [4.78, 5) is 27.0. The number of hydrogen-bond donors (Lipinski definition) is 1. The number of nitrogens with zero attached hydrogens (tertiary/aromatic N) is 2. The fraction of sp³-hybridized carbons (Fsp3) is 0.833. The van der Waals surface area contributed by atoms with Gasteiger partial charge in [-0.25, -0.2) is 0 Å². The average Bonchev–Trinajstić information content (AvgIpc) is 2.86. The molecule has 2 fully saturated rings. The van der Waals surface area contributed by atoms with Gasteiger partial charge in [-0.15, -0.1) is 0 Å². The van der Waals surface area contributed by atoms with Crippen molar-refractivity contribution < 1.29 is 14.3 Å². The first-order valence-corrected chi connectivity index (χ1v) is 6.51. The molecule has 18 heavy (non-hydrogen) atoms. The molecular formula is C12H21N3O3. The number of rotatable bonds is 2. The lowest BCUT2D eigenvalue weighted by Gasteiger charge is -2.35. The van der Waals surface area contributed by atoms with Crippen LogP contribution in [0.25, 0.3) is 0 Å². The van der Waals surface area contributed by atoms with E-state index in [-0.39, 0.29) is 24.0 Å². The maximum Gasteiger partial charge on any atom is 0.251 e. The Morgan fingerprint density at radius 3 is 2.28 bits per heavy atom. The van der Waals surface area contributed by atoms with Crippen molar-refractivity contribution in [3.05, 3.63) is 0 Å². The van der Waals surface area contributed by atoms with Gasteiger partial charge in [-0.1, -0.05) is 0 Å². The molecule has 2 unspecified atom stereocenters. The minimum Gasteiger partial charge on any atom is -0.364 e. The van der Waals surface area contributed by atoms with E-state index < -0.39 is 0 Å². The molecule has 0 radical (unpaired) electrons. The number of carbonyl (C=O) groups is 2. The predicted molar refractivity (Wildman–Crippen MR) is 65.8 cm³/mol. The van der Waals surface area contributed by atoms with E-state index in [4.69, 9.17) is 10.5 Å². The monoisotopic (exact) mass is 255 g/mol. The second-order valence-electron chi connectivity index (χ2n) is 4.89. The number of ether oxygens (including phenoxy) is 1. The van der Waals surface area contributed by atoms with Crippen molar-refractivity contribution in [3.8, 4) is 0 Å². The van der Waals surface area contributed by atoms with Crippen molar-refractivity contribution in [2.75, 3.05) is 32.7 Å². The largest absolute Gasteiger partial charge is 0.364 e. The van der Waals surface area contributed by atoms with Crippen LogP contribution in [0.3, 0.4) is 0 Å². The fourth-order valence-electron chi connectivity index (χ4n) is 2.51. The molecule has 2 N–H and O–H groups in total. The van der Waals surface area contributed by atoms with Crippen molar-refractivity contribution in [1.29, 1.82) is 0 Å². The Kier molecular flexibility index (Phi) is 4.19. The molecule has 2 aliphatic heterocycles. The fourth-order valence-corrected chi connectivity index (χ4v) is 2.51. The molecule has 0 aromatic carbocycles. The molecule has 0 aromatic rings. The molecule has 2 aliphatic rings. The molecule has 0 aromatic heterocycles. The number of hydrogen-bond acceptors (Lipinski definition) is 4. The van der Waals surface area contributed by atoms with Crippen LogP contribution in [-0.4, -0.2) is 66.5 Å². The third-order valence-corrected chi connectivity index (χ3v) is 3.68. The van der Waals surface area contributed by atoms with Gasteiger partial charge >= 0.3 is 0 Å². The van der Waals surface area contributed by atoms with Crippen molar-refractivity contribution in [2.24, 2.45) is 5.73 Å². The van der Waals surface area contributed by atoms with Crippen LogP contribution in [0.15, 0.2) is 0 Å². The van der Waals surface area contributed by atoms with E-state index in [9.17, 15) is 9.59 Å². The van der Waals surface area contributed by atoms with E-state index in [2.05, 4.69) is 0 Å². The zero-order valence-corrected chi connectivity index (χ0v) is 10.8. The van der Waals surface area contributed by atoms with Crippen LogP contribution in [0.4, 0.5) is 0 Å². The predicted octanol–water partition coefficient (Wildman–Crippen LogP) is -0.817. The Balaban J connectivity index is 1.83. The molecule has 2 atom stereocenters. The third-order valence-electron chi connectivity index (χ3n) is 3.68. The van der Waals surface area contributed by atoms with Crippen LogP contribution >= 0.6 is 0 Å². The molecule has 2 saturated heterocycles. The second-order valence-corrected chi connectivity index (χ2v) is 4.89. The number of carbonyl (C=O) groups excluding carboxylic acids is 2. The van der Waals surface area contributed by atoms with Crippen molar-refractivity contribution in [1.82, 2.24) is 9.80 Å². The van der Waals surface area contributed by atoms with Gasteiger partial charge in [-0.2, -0.15) is 0 Å². The van der Waals surface area contributed by atoms with Gasteiger partial charge in [0, 0.05) is 39.6 Å². The summed E-state index contributed by atoms with van der Waals surface area (Å²) >= 11 is 0. The Hall–Kier alpha value is -1.14. The molecule has 2 amide bonds. The summed E-state index contributed by atoms with van der Waals surface area (Å²) in [7, 11) is 0. The van der Waals surface area contributed by atoms with Gasteiger partial charge < -0.3 is 20.3 Å². The molecular weight excluding hydrogens is 234 g/mol. The van der Waals surface area contributed by atoms with Crippen molar-refractivity contribution >= 4 is 11.8 Å². The number of nitrogens with two attached hydrogens (primary N) is 1. The molecule has 6 nitrogen and oxygen atoms in total. The van der Waals surface area contributed by atoms with Crippen molar-refractivity contribution in [2.45, 2.75) is 32.0 Å². The summed E-state index contributed by atoms with van der Waals surface area (Å²) in [6.07, 6.45) is 1.31. The SMILES string of the molecule is CC(=O)N1CCN(C(=O)C2CCC(CN)O2)CC1. The van der Waals surface area contributed by atoms with Gasteiger partial charge in [0.2, 0.25) is 5.91 Å². The Bertz CT molecular complexity index is 327. The summed E-state index contributed by atoms with van der Waals surface area (Å²) in [6, 6.07) is 0. The Labute approximate surface area is 107 Å². The number of piperazine rings is 1. The minimum atomic E-state index is -0.331. The van der Waals surface area contributed by atoms with Crippen LogP contribution in [0.2, 0.25) is 0 Å². The van der Waals surface area contributed by atoms with E-state index >= 15 is 0 Å². The van der Waals surface area contributed by atoms with E-state index in [1.165, 1.54) is 0 Å². The summed E-state index contributed by atoms with van der Waals surface area (Å²) in [5, 5.41) is 0. The normalized spacial score (nSPS) is 28.6. The van der Waals surface area contributed by atoms with Crippen LogP contribution in [0.1, 0.15) is 19.8 Å². The Morgan fingerprint density at radius 1 is 1.17 bits per heavy atom. The van der Waals surface area contributed by atoms with Crippen molar-refractivity contribution in [3.63, 3.8) is 0 Å². The van der Waals surface area contributed by atoms with Gasteiger partial charge in [0.25, 0.3) is 5.91 Å². The van der Waals surface area contributed by atoms with Crippen LogP contribution in [0.5, 0.6) is 0 Å². The summed E-state index contributed by atoms with van der Waals surface area (Å²) in [5.41, 5.74) is 5.53. The molecule has 0 saturated carbocycles. The first kappa shape index (κ1) is 13.3. The zero-order chi connectivity index (χ0) is 13.1. The lowest BCUT2D eigenvalue weighted by Crippen LogP contribution is -2.52. The lowest BCUT2D eigenvalue weighted by molar-refractivity contribution is -0.146. The molecule has 0 bridgehead atoms. The zero-order valence-electron chi connectivity index (χ0n) is 10.8. The van der Waals surface area contributed by atoms with Gasteiger partial charge in [0.15, 0.2) is 0 Å². The highest BCUT2D eigenvalue weighted by atomic mass is 16.5. The smallest absolute Gasteiger partial charge is 0.251 e. The lowest BCUT2D eigenvalue weighted by atomic mass is 10.1. The molecule has 2 rings (SSSR count). The molecule has 0 spiro atoms. The highest BCUT2D eigenvalue weighted by Crippen LogP contribution is 2.21. The first-order chi connectivity index (χ1) is 8.61. The highest BCUT2D eigenvalue weighted by molar-refractivity contribution is 5.81. The van der Waals surface area contributed by atoms with Crippen LogP contribution in [-0.2, 0) is 14.3 Å². The van der Waals surface area contributed by atoms with Crippen LogP contribution < -0.4 is 5.73 Å². The van der Waals surface area contributed by atoms with Gasteiger partial charge in [-0.05, 0) is 12.8 Å². The second kappa shape index (κ2) is 5.67. The third kappa shape index (κ3) is 2.81. The molecule has 102 valence electrons. The van der Waals surface area contributed by atoms with E-state index in [1.54, 1.807) is 16.7 Å². The molecule has 2 heterocycles. The topological polar surface area (TPSA) is 75.9 Å². The minimum absolute atomic E-state index is 0.0254. The first-order valence-electron chi connectivity index (χ1n) is 6.51. The van der Waals surface area contributed by atoms with Gasteiger partial charge in [0.1, 0.15) is 6.10 Å². The maximum atomic E-state index is 12.2. The Morgan fingerprint density at radius 2 is 1.78 bits per heavy atom. The van der Waals surface area contributed by atoms with E-state index in [0.29, 0.717) is 32.7 Å². The van der Waals surface area contributed by atoms with E-state index in [0.717, 1.165) is 12.8 Å². The van der Waals surface area contributed by atoms with E-state index in [1.807, 2.05) is 0 Å². The van der Waals surface area contributed by atoms with Crippen LogP contribution in [0, 0.1) is 0 Å². The maximum absolute atomic E-state index is 12.2. The summed E-state index contributed by atoms with van der Waals surface area (Å²) in [5.74, 6) is 0.122. The molecule has 0 aliphatic carbocycles. The summed E-state index contributed by atoms with van der Waals surface area (Å²) < 4.78 is 5.60. The van der Waals surface area contributed by atoms with Gasteiger partial charge in [-0.3, -0.25) is 9.59 Å². The molecule has 6 heteroatoms. The van der Waals surface area contributed by atoms with Gasteiger partial charge in [0.05, 0.1) is 6.10 Å². The average molecular weight is 255 g/mol. The number of amides is 2.